The number of nitrogens with one attached hydrogen (secondary N) is 1. The standard InChI is InChI=1S/C38H37FN4O5/c1-38(2,3)48-37(46)40-24-16-17-42(20-24)33-29(39)19-27-32-36(33)47-35-26-9-7-6-8-23(26)12-15-30(35)43(32)21-28(34(27)45)31(44)18-22-10-13-25(14-11-22)41(4)5/h6-15,19,21,24H,16-18,20H2,1-5H3,(H,40,46)/t24-/m1/s1. The number of nitrogens with zero attached hydrogens (tertiary/aromatic N) is 3. The molecule has 1 amide bonds. The van der Waals surface area contributed by atoms with Gasteiger partial charge in [0.2, 0.25) is 0 Å². The Kier molecular flexibility index (Phi) is 7.61. The van der Waals surface area contributed by atoms with Crippen molar-refractivity contribution < 1.29 is 23.5 Å². The third kappa shape index (κ3) is 5.61. The molecular weight excluding hydrogens is 611 g/mol. The molecule has 7 rings (SSSR count). The number of rotatable bonds is 6. The number of pyridine rings is 1. The lowest BCUT2D eigenvalue weighted by molar-refractivity contribution is 0.0508. The molecule has 10 heteroatoms. The molecule has 0 unspecified atom stereocenters. The fraction of sp³-hybridized carbons (Fsp3) is 0.289. The lowest BCUT2D eigenvalue weighted by atomic mass is 9.99. The molecule has 9 nitrogen and oxygen atoms in total. The first-order valence-corrected chi connectivity index (χ1v) is 16.0. The Hall–Kier alpha value is -5.38. The number of anilines is 2. The number of ketones is 1. The van der Waals surface area contributed by atoms with Gasteiger partial charge in [0, 0.05) is 50.9 Å². The number of aromatic nitrogens is 1. The fourth-order valence-corrected chi connectivity index (χ4v) is 6.57. The molecule has 0 aliphatic carbocycles. The van der Waals surface area contributed by atoms with Gasteiger partial charge in [-0.2, -0.15) is 0 Å². The van der Waals surface area contributed by atoms with Crippen molar-refractivity contribution in [1.82, 2.24) is 9.88 Å². The third-order valence-electron chi connectivity index (χ3n) is 8.84. The molecule has 3 heterocycles. The van der Waals surface area contributed by atoms with E-state index in [9.17, 15) is 14.4 Å². The highest BCUT2D eigenvalue weighted by Crippen LogP contribution is 2.49. The Labute approximate surface area is 277 Å². The van der Waals surface area contributed by atoms with E-state index in [0.717, 1.165) is 22.0 Å². The zero-order valence-corrected chi connectivity index (χ0v) is 27.6. The number of carbonyl (C=O) groups is 2. The Balaban J connectivity index is 1.34. The van der Waals surface area contributed by atoms with Crippen molar-refractivity contribution in [2.75, 3.05) is 37.0 Å². The van der Waals surface area contributed by atoms with Crippen LogP contribution >= 0.6 is 0 Å². The number of benzene rings is 4. The molecule has 5 aromatic rings. The van der Waals surface area contributed by atoms with Crippen molar-refractivity contribution in [3.8, 4) is 17.2 Å². The van der Waals surface area contributed by atoms with Gasteiger partial charge in [0.15, 0.2) is 28.5 Å². The maximum absolute atomic E-state index is 16.4. The van der Waals surface area contributed by atoms with E-state index in [-0.39, 0.29) is 40.6 Å². The Morgan fingerprint density at radius 3 is 2.50 bits per heavy atom. The summed E-state index contributed by atoms with van der Waals surface area (Å²) in [5.41, 5.74) is 1.75. The quantitative estimate of drug-likeness (QED) is 0.195. The number of hydrogen-bond acceptors (Lipinski definition) is 7. The van der Waals surface area contributed by atoms with Gasteiger partial charge in [-0.1, -0.05) is 42.5 Å². The van der Waals surface area contributed by atoms with E-state index in [1.807, 2.05) is 84.6 Å². The summed E-state index contributed by atoms with van der Waals surface area (Å²) in [6, 6.07) is 20.1. The normalized spacial score (nSPS) is 15.3. The number of amides is 1. The van der Waals surface area contributed by atoms with E-state index >= 15 is 4.39 Å². The maximum atomic E-state index is 16.4. The zero-order chi connectivity index (χ0) is 33.9. The summed E-state index contributed by atoms with van der Waals surface area (Å²) >= 11 is 0. The van der Waals surface area contributed by atoms with Crippen LogP contribution in [-0.2, 0) is 11.2 Å². The van der Waals surface area contributed by atoms with Crippen LogP contribution in [0.2, 0.25) is 0 Å². The molecule has 1 aromatic heterocycles. The Morgan fingerprint density at radius 2 is 1.77 bits per heavy atom. The van der Waals surface area contributed by atoms with E-state index < -0.39 is 22.9 Å². The van der Waals surface area contributed by atoms with Crippen LogP contribution in [0.1, 0.15) is 43.1 Å². The van der Waals surface area contributed by atoms with E-state index in [1.54, 1.807) is 31.5 Å². The molecule has 1 fully saturated rings. The average molecular weight is 649 g/mol. The summed E-state index contributed by atoms with van der Waals surface area (Å²) in [5, 5.41) is 4.68. The van der Waals surface area contributed by atoms with E-state index in [4.69, 9.17) is 9.47 Å². The molecular formula is C38H37FN4O5. The van der Waals surface area contributed by atoms with Crippen LogP contribution in [0.25, 0.3) is 27.4 Å². The molecule has 0 saturated carbocycles. The molecule has 1 N–H and O–H groups in total. The van der Waals surface area contributed by atoms with Gasteiger partial charge in [0.1, 0.15) is 16.8 Å². The van der Waals surface area contributed by atoms with Crippen molar-refractivity contribution in [2.45, 2.75) is 45.3 Å². The van der Waals surface area contributed by atoms with Gasteiger partial charge in [-0.05, 0) is 62.4 Å². The van der Waals surface area contributed by atoms with Crippen LogP contribution in [0.3, 0.4) is 0 Å². The minimum atomic E-state index is -0.651. The van der Waals surface area contributed by atoms with Gasteiger partial charge in [-0.25, -0.2) is 9.18 Å². The molecule has 0 radical (unpaired) electrons. The van der Waals surface area contributed by atoms with Gasteiger partial charge >= 0.3 is 6.09 Å². The van der Waals surface area contributed by atoms with Crippen molar-refractivity contribution in [3.63, 3.8) is 0 Å². The number of Topliss-reactive ketones (excluding diaryl/α,β-unsaturated/α-hetero) is 1. The molecule has 2 aliphatic rings. The summed E-state index contributed by atoms with van der Waals surface area (Å²) in [6.07, 6.45) is 1.61. The second-order valence-corrected chi connectivity index (χ2v) is 13.6. The molecule has 48 heavy (non-hydrogen) atoms. The van der Waals surface area contributed by atoms with Crippen molar-refractivity contribution in [2.24, 2.45) is 0 Å². The predicted molar refractivity (Wildman–Crippen MR) is 186 cm³/mol. The molecule has 0 bridgehead atoms. The fourth-order valence-electron chi connectivity index (χ4n) is 6.57. The highest BCUT2D eigenvalue weighted by atomic mass is 19.1. The van der Waals surface area contributed by atoms with Crippen LogP contribution in [0.15, 0.2) is 77.7 Å². The maximum Gasteiger partial charge on any atom is 0.407 e. The minimum absolute atomic E-state index is 0.0166. The predicted octanol–water partition coefficient (Wildman–Crippen LogP) is 6.98. The first kappa shape index (κ1) is 31.2. The summed E-state index contributed by atoms with van der Waals surface area (Å²) in [7, 11) is 3.88. The van der Waals surface area contributed by atoms with Crippen molar-refractivity contribution in [1.29, 1.82) is 0 Å². The number of hydrogen-bond donors (Lipinski definition) is 1. The van der Waals surface area contributed by atoms with Gasteiger partial charge in [0.05, 0.1) is 22.7 Å². The lowest BCUT2D eigenvalue weighted by Crippen LogP contribution is -2.40. The molecule has 246 valence electrons. The van der Waals surface area contributed by atoms with Crippen LogP contribution in [-0.4, -0.2) is 55.3 Å². The second kappa shape index (κ2) is 11.7. The summed E-state index contributed by atoms with van der Waals surface area (Å²) in [4.78, 5) is 44.1. The number of alkyl carbamates (subject to hydrolysis) is 1. The summed E-state index contributed by atoms with van der Waals surface area (Å²) in [5.74, 6) is -0.315. The molecule has 2 aliphatic heterocycles. The number of halogens is 1. The summed E-state index contributed by atoms with van der Waals surface area (Å²) in [6.45, 7) is 6.14. The summed E-state index contributed by atoms with van der Waals surface area (Å²) < 4.78 is 30.2. The van der Waals surface area contributed by atoms with E-state index in [2.05, 4.69) is 5.32 Å². The van der Waals surface area contributed by atoms with Crippen LogP contribution < -0.4 is 25.3 Å². The lowest BCUT2D eigenvalue weighted by Gasteiger charge is -2.30. The van der Waals surface area contributed by atoms with Crippen LogP contribution in [0, 0.1) is 5.82 Å². The molecule has 0 spiro atoms. The monoisotopic (exact) mass is 648 g/mol. The number of carbonyl (C=O) groups excluding carboxylic acids is 2. The van der Waals surface area contributed by atoms with Gasteiger partial charge < -0.3 is 29.2 Å². The van der Waals surface area contributed by atoms with Crippen molar-refractivity contribution >= 4 is 44.9 Å². The zero-order valence-electron chi connectivity index (χ0n) is 27.6. The van der Waals surface area contributed by atoms with Crippen molar-refractivity contribution in [3.05, 3.63) is 100 Å². The second-order valence-electron chi connectivity index (χ2n) is 13.6. The molecule has 4 aromatic carbocycles. The topological polar surface area (TPSA) is 93.1 Å². The van der Waals surface area contributed by atoms with Crippen LogP contribution in [0.5, 0.6) is 11.5 Å². The van der Waals surface area contributed by atoms with Gasteiger partial charge in [0.25, 0.3) is 0 Å². The van der Waals surface area contributed by atoms with Gasteiger partial charge in [-0.15, -0.1) is 0 Å². The first-order chi connectivity index (χ1) is 22.9. The number of ether oxygens (including phenoxy) is 2. The third-order valence-corrected chi connectivity index (χ3v) is 8.84. The first-order valence-electron chi connectivity index (χ1n) is 16.0. The molecule has 1 saturated heterocycles. The van der Waals surface area contributed by atoms with E-state index in [1.165, 1.54) is 6.07 Å². The minimum Gasteiger partial charge on any atom is -0.450 e. The largest absolute Gasteiger partial charge is 0.450 e. The van der Waals surface area contributed by atoms with Gasteiger partial charge in [-0.3, -0.25) is 9.59 Å². The van der Waals surface area contributed by atoms with E-state index in [0.29, 0.717) is 36.5 Å². The Bertz CT molecular complexity index is 2170. The number of fused-ring (bicyclic) bond motifs is 4. The SMILES string of the molecule is CN(C)c1ccc(CC(=O)c2cn3c4c(c(N5CC[C@@H](NC(=O)OC(C)(C)C)C5)c(F)cc4c2=O)Oc2c-3ccc3ccccc23)cc1. The highest BCUT2D eigenvalue weighted by Gasteiger charge is 2.35. The van der Waals surface area contributed by atoms with Crippen LogP contribution in [0.4, 0.5) is 20.6 Å². The average Bonchev–Trinajstić information content (AvgIpc) is 3.48. The highest BCUT2D eigenvalue weighted by molar-refractivity contribution is 6.04. The Morgan fingerprint density at radius 1 is 1.02 bits per heavy atom. The smallest absolute Gasteiger partial charge is 0.407 e. The molecule has 1 atom stereocenters.